The third kappa shape index (κ3) is 2.82. The molecule has 0 saturated carbocycles. The van der Waals surface area contributed by atoms with Gasteiger partial charge in [0.15, 0.2) is 0 Å². The highest BCUT2D eigenvalue weighted by Gasteiger charge is 2.10. The zero-order chi connectivity index (χ0) is 14.7. The van der Waals surface area contributed by atoms with E-state index >= 15 is 0 Å². The van der Waals surface area contributed by atoms with E-state index in [1.165, 1.54) is 12.7 Å². The Kier molecular flexibility index (Phi) is 4.08. The highest BCUT2D eigenvalue weighted by atomic mass is 16.5. The van der Waals surface area contributed by atoms with E-state index in [-0.39, 0.29) is 5.97 Å². The number of nitrogens with zero attached hydrogens (tertiary/aromatic N) is 2. The summed E-state index contributed by atoms with van der Waals surface area (Å²) in [6, 6.07) is 7.27. The maximum atomic E-state index is 11.5. The third-order valence-corrected chi connectivity index (χ3v) is 3.41. The standard InChI is InChI=1S/C15H19N3O2/c1-10-14(11(2)18(3)17-10)9-16-13-7-5-6-12(8-13)15(19)20-4/h5-8,16H,9H2,1-4H3. The Labute approximate surface area is 118 Å². The average molecular weight is 273 g/mol. The first-order valence-electron chi connectivity index (χ1n) is 6.44. The van der Waals surface area contributed by atoms with Gasteiger partial charge in [-0.3, -0.25) is 4.68 Å². The number of hydrogen-bond donors (Lipinski definition) is 1. The molecule has 1 aromatic carbocycles. The molecule has 0 radical (unpaired) electrons. The van der Waals surface area contributed by atoms with E-state index in [1.807, 2.05) is 37.7 Å². The molecule has 5 nitrogen and oxygen atoms in total. The molecular formula is C15H19N3O2. The van der Waals surface area contributed by atoms with Crippen LogP contribution < -0.4 is 5.32 Å². The van der Waals surface area contributed by atoms with Crippen LogP contribution in [0.2, 0.25) is 0 Å². The number of anilines is 1. The summed E-state index contributed by atoms with van der Waals surface area (Å²) in [6.07, 6.45) is 0. The van der Waals surface area contributed by atoms with E-state index in [1.54, 1.807) is 12.1 Å². The van der Waals surface area contributed by atoms with Gasteiger partial charge in [0.1, 0.15) is 0 Å². The molecule has 0 bridgehead atoms. The highest BCUT2D eigenvalue weighted by molar-refractivity contribution is 5.90. The zero-order valence-corrected chi connectivity index (χ0v) is 12.2. The van der Waals surface area contributed by atoms with Gasteiger partial charge < -0.3 is 10.1 Å². The largest absolute Gasteiger partial charge is 0.465 e. The van der Waals surface area contributed by atoms with E-state index in [0.29, 0.717) is 12.1 Å². The zero-order valence-electron chi connectivity index (χ0n) is 12.2. The summed E-state index contributed by atoms with van der Waals surface area (Å²) in [5.41, 5.74) is 4.75. The smallest absolute Gasteiger partial charge is 0.337 e. The maximum Gasteiger partial charge on any atom is 0.337 e. The van der Waals surface area contributed by atoms with Gasteiger partial charge >= 0.3 is 5.97 Å². The van der Waals surface area contributed by atoms with Crippen molar-refractivity contribution in [3.8, 4) is 0 Å². The highest BCUT2D eigenvalue weighted by Crippen LogP contribution is 2.16. The van der Waals surface area contributed by atoms with Crippen LogP contribution in [0.3, 0.4) is 0 Å². The van der Waals surface area contributed by atoms with Crippen LogP contribution in [0.4, 0.5) is 5.69 Å². The summed E-state index contributed by atoms with van der Waals surface area (Å²) in [4.78, 5) is 11.5. The molecule has 1 aromatic heterocycles. The quantitative estimate of drug-likeness (QED) is 0.869. The Balaban J connectivity index is 2.13. The van der Waals surface area contributed by atoms with Crippen LogP contribution in [0.5, 0.6) is 0 Å². The fourth-order valence-electron chi connectivity index (χ4n) is 2.14. The monoisotopic (exact) mass is 273 g/mol. The van der Waals surface area contributed by atoms with Gasteiger partial charge in [-0.2, -0.15) is 5.10 Å². The summed E-state index contributed by atoms with van der Waals surface area (Å²) < 4.78 is 6.59. The van der Waals surface area contributed by atoms with Crippen molar-refractivity contribution in [1.82, 2.24) is 9.78 Å². The number of hydrogen-bond acceptors (Lipinski definition) is 4. The molecule has 0 aliphatic rings. The lowest BCUT2D eigenvalue weighted by molar-refractivity contribution is 0.0601. The summed E-state index contributed by atoms with van der Waals surface area (Å²) >= 11 is 0. The lowest BCUT2D eigenvalue weighted by Gasteiger charge is -2.08. The minimum Gasteiger partial charge on any atom is -0.465 e. The Morgan fingerprint density at radius 2 is 2.15 bits per heavy atom. The number of carbonyl (C=O) groups is 1. The molecule has 0 atom stereocenters. The molecule has 1 heterocycles. The van der Waals surface area contributed by atoms with Gasteiger partial charge in [-0.25, -0.2) is 4.79 Å². The van der Waals surface area contributed by atoms with E-state index in [2.05, 4.69) is 10.4 Å². The number of esters is 1. The maximum absolute atomic E-state index is 11.5. The molecule has 0 aliphatic heterocycles. The number of aryl methyl sites for hydroxylation is 2. The molecule has 0 spiro atoms. The normalized spacial score (nSPS) is 10.4. The molecule has 106 valence electrons. The molecule has 2 aromatic rings. The second-order valence-corrected chi connectivity index (χ2v) is 4.70. The minimum atomic E-state index is -0.331. The van der Waals surface area contributed by atoms with Gasteiger partial charge in [0, 0.05) is 30.5 Å². The van der Waals surface area contributed by atoms with Crippen molar-refractivity contribution < 1.29 is 9.53 Å². The van der Waals surface area contributed by atoms with Crippen molar-refractivity contribution in [2.75, 3.05) is 12.4 Å². The number of benzene rings is 1. The molecule has 0 unspecified atom stereocenters. The van der Waals surface area contributed by atoms with Crippen LogP contribution in [0.15, 0.2) is 24.3 Å². The number of aromatic nitrogens is 2. The fraction of sp³-hybridized carbons (Fsp3) is 0.333. The molecule has 0 aliphatic carbocycles. The van der Waals surface area contributed by atoms with Gasteiger partial charge in [0.05, 0.1) is 18.4 Å². The Morgan fingerprint density at radius 3 is 2.75 bits per heavy atom. The summed E-state index contributed by atoms with van der Waals surface area (Å²) in [7, 11) is 3.31. The van der Waals surface area contributed by atoms with E-state index < -0.39 is 0 Å². The predicted molar refractivity (Wildman–Crippen MR) is 77.8 cm³/mol. The van der Waals surface area contributed by atoms with Crippen LogP contribution in [0.1, 0.15) is 27.3 Å². The van der Waals surface area contributed by atoms with Gasteiger partial charge in [-0.05, 0) is 32.0 Å². The number of nitrogens with one attached hydrogen (secondary N) is 1. The van der Waals surface area contributed by atoms with E-state index in [9.17, 15) is 4.79 Å². The number of carbonyl (C=O) groups excluding carboxylic acids is 1. The fourth-order valence-corrected chi connectivity index (χ4v) is 2.14. The predicted octanol–water partition coefficient (Wildman–Crippen LogP) is 2.44. The first-order chi connectivity index (χ1) is 9.52. The van der Waals surface area contributed by atoms with Crippen molar-refractivity contribution >= 4 is 11.7 Å². The summed E-state index contributed by atoms with van der Waals surface area (Å²) in [5.74, 6) is -0.331. The average Bonchev–Trinajstić information content (AvgIpc) is 2.69. The van der Waals surface area contributed by atoms with E-state index in [0.717, 1.165) is 17.1 Å². The van der Waals surface area contributed by atoms with Gasteiger partial charge in [-0.1, -0.05) is 6.07 Å². The lowest BCUT2D eigenvalue weighted by atomic mass is 10.1. The molecule has 20 heavy (non-hydrogen) atoms. The number of methoxy groups -OCH3 is 1. The van der Waals surface area contributed by atoms with Crippen molar-refractivity contribution in [2.24, 2.45) is 7.05 Å². The molecule has 2 rings (SSSR count). The molecule has 0 fully saturated rings. The van der Waals surface area contributed by atoms with Crippen molar-refractivity contribution in [3.63, 3.8) is 0 Å². The third-order valence-electron chi connectivity index (χ3n) is 3.41. The topological polar surface area (TPSA) is 56.1 Å². The Bertz CT molecular complexity index is 632. The Morgan fingerprint density at radius 1 is 1.40 bits per heavy atom. The first kappa shape index (κ1) is 14.1. The lowest BCUT2D eigenvalue weighted by Crippen LogP contribution is -2.05. The second-order valence-electron chi connectivity index (χ2n) is 4.70. The van der Waals surface area contributed by atoms with Crippen LogP contribution in [-0.2, 0) is 18.3 Å². The number of ether oxygens (including phenoxy) is 1. The first-order valence-corrected chi connectivity index (χ1v) is 6.44. The second kappa shape index (κ2) is 5.77. The molecular weight excluding hydrogens is 254 g/mol. The van der Waals surface area contributed by atoms with Crippen molar-refractivity contribution in [1.29, 1.82) is 0 Å². The SMILES string of the molecule is COC(=O)c1cccc(NCc2c(C)nn(C)c2C)c1. The molecule has 1 N–H and O–H groups in total. The van der Waals surface area contributed by atoms with Crippen molar-refractivity contribution in [3.05, 3.63) is 46.8 Å². The summed E-state index contributed by atoms with van der Waals surface area (Å²) in [5, 5.41) is 7.70. The van der Waals surface area contributed by atoms with Crippen LogP contribution >= 0.6 is 0 Å². The molecule has 0 saturated heterocycles. The Hall–Kier alpha value is -2.30. The molecule has 5 heteroatoms. The van der Waals surface area contributed by atoms with Crippen molar-refractivity contribution in [2.45, 2.75) is 20.4 Å². The van der Waals surface area contributed by atoms with E-state index in [4.69, 9.17) is 4.74 Å². The minimum absolute atomic E-state index is 0.331. The number of rotatable bonds is 4. The van der Waals surface area contributed by atoms with Crippen LogP contribution in [-0.4, -0.2) is 22.9 Å². The van der Waals surface area contributed by atoms with Crippen LogP contribution in [0.25, 0.3) is 0 Å². The summed E-state index contributed by atoms with van der Waals surface area (Å²) in [6.45, 7) is 4.72. The van der Waals surface area contributed by atoms with Gasteiger partial charge in [-0.15, -0.1) is 0 Å². The van der Waals surface area contributed by atoms with Gasteiger partial charge in [0.2, 0.25) is 0 Å². The van der Waals surface area contributed by atoms with Gasteiger partial charge in [0.25, 0.3) is 0 Å². The van der Waals surface area contributed by atoms with Crippen LogP contribution in [0, 0.1) is 13.8 Å². The molecule has 0 amide bonds.